The summed E-state index contributed by atoms with van der Waals surface area (Å²) >= 11 is 0.986. The molecule has 0 radical (unpaired) electrons. The smallest absolute Gasteiger partial charge is 0.288 e. The topological polar surface area (TPSA) is 86.8 Å². The molecule has 0 aromatic heterocycles. The number of amides is 4. The van der Waals surface area contributed by atoms with E-state index < -0.39 is 0 Å². The first kappa shape index (κ1) is 16.3. The van der Waals surface area contributed by atoms with Crippen LogP contribution < -0.4 is 5.32 Å². The predicted molar refractivity (Wildman–Crippen MR) is 84.7 cm³/mol. The Hall–Kier alpha value is -1.57. The molecule has 1 N–H and O–H groups in total. The Labute approximate surface area is 139 Å². The van der Waals surface area contributed by atoms with E-state index in [2.05, 4.69) is 5.32 Å². The van der Waals surface area contributed by atoms with Gasteiger partial charge in [-0.25, -0.2) is 0 Å². The Balaban J connectivity index is 1.44. The van der Waals surface area contributed by atoms with Crippen LogP contribution in [-0.4, -0.2) is 64.2 Å². The zero-order valence-corrected chi connectivity index (χ0v) is 13.8. The van der Waals surface area contributed by atoms with Gasteiger partial charge in [0.25, 0.3) is 5.24 Å². The summed E-state index contributed by atoms with van der Waals surface area (Å²) < 4.78 is 0. The monoisotopic (exact) mass is 339 g/mol. The molecule has 0 aromatic rings. The van der Waals surface area contributed by atoms with Gasteiger partial charge in [0.2, 0.25) is 17.7 Å². The molecule has 3 rings (SSSR count). The lowest BCUT2D eigenvalue weighted by Gasteiger charge is -2.24. The van der Waals surface area contributed by atoms with Gasteiger partial charge in [0.1, 0.15) is 0 Å². The molecule has 4 amide bonds. The van der Waals surface area contributed by atoms with Crippen molar-refractivity contribution < 1.29 is 19.2 Å². The number of rotatable bonds is 5. The minimum absolute atomic E-state index is 0.0679. The number of nitrogens with zero attached hydrogens (tertiary/aromatic N) is 2. The first-order chi connectivity index (χ1) is 11.1. The van der Waals surface area contributed by atoms with Crippen molar-refractivity contribution in [2.75, 3.05) is 25.4 Å². The van der Waals surface area contributed by atoms with Gasteiger partial charge >= 0.3 is 0 Å². The van der Waals surface area contributed by atoms with Crippen LogP contribution in [0.3, 0.4) is 0 Å². The van der Waals surface area contributed by atoms with E-state index in [4.69, 9.17) is 0 Å². The van der Waals surface area contributed by atoms with Crippen LogP contribution in [0.2, 0.25) is 0 Å². The highest BCUT2D eigenvalue weighted by Gasteiger charge is 2.38. The largest absolute Gasteiger partial charge is 0.354 e. The van der Waals surface area contributed by atoms with E-state index in [0.29, 0.717) is 12.6 Å². The molecule has 126 valence electrons. The van der Waals surface area contributed by atoms with Crippen molar-refractivity contribution in [1.82, 2.24) is 15.1 Å². The second-order valence-corrected chi connectivity index (χ2v) is 7.20. The predicted octanol–water partition coefficient (Wildman–Crippen LogP) is 0.589. The molecule has 3 aliphatic rings. The molecule has 2 heterocycles. The number of carbonyl (C=O) groups is 4. The molecule has 7 nitrogen and oxygen atoms in total. The third-order valence-electron chi connectivity index (χ3n) is 4.77. The van der Waals surface area contributed by atoms with Gasteiger partial charge in [0, 0.05) is 32.1 Å². The first-order valence-corrected chi connectivity index (χ1v) is 9.09. The van der Waals surface area contributed by atoms with Gasteiger partial charge in [-0.2, -0.15) is 0 Å². The average molecular weight is 339 g/mol. The van der Waals surface area contributed by atoms with Crippen LogP contribution in [0.1, 0.15) is 32.1 Å². The molecular weight excluding hydrogens is 318 g/mol. The maximum Gasteiger partial charge on any atom is 0.288 e. The van der Waals surface area contributed by atoms with Crippen molar-refractivity contribution in [2.24, 2.45) is 5.92 Å². The van der Waals surface area contributed by atoms with Crippen molar-refractivity contribution in [3.8, 4) is 0 Å². The average Bonchev–Trinajstić information content (AvgIpc) is 3.23. The molecule has 0 bridgehead atoms. The van der Waals surface area contributed by atoms with Crippen LogP contribution in [0.5, 0.6) is 0 Å². The lowest BCUT2D eigenvalue weighted by molar-refractivity contribution is -0.130. The van der Waals surface area contributed by atoms with Crippen LogP contribution in [0.15, 0.2) is 0 Å². The van der Waals surface area contributed by atoms with Gasteiger partial charge in [-0.3, -0.25) is 24.1 Å². The van der Waals surface area contributed by atoms with Gasteiger partial charge in [-0.15, -0.1) is 0 Å². The standard InChI is InChI=1S/C15H21N3O4S/c19-12-7-10(8-18(12)11-3-1-2-4-11)14(21)16-5-6-17-13(20)9-23-15(17)22/h10-11H,1-9H2,(H,16,21)/t10-/m1/s1. The van der Waals surface area contributed by atoms with Crippen molar-refractivity contribution >= 4 is 34.7 Å². The summed E-state index contributed by atoms with van der Waals surface area (Å²) in [6, 6.07) is 0.303. The summed E-state index contributed by atoms with van der Waals surface area (Å²) in [5.41, 5.74) is 0. The SMILES string of the molecule is O=C(NCCN1C(=O)CSC1=O)[C@@H]1CC(=O)N(C2CCCC2)C1. The summed E-state index contributed by atoms with van der Waals surface area (Å²) in [6.07, 6.45) is 4.65. The van der Waals surface area contributed by atoms with E-state index in [1.807, 2.05) is 4.90 Å². The number of hydrogen-bond donors (Lipinski definition) is 1. The molecule has 23 heavy (non-hydrogen) atoms. The van der Waals surface area contributed by atoms with Gasteiger partial charge in [-0.1, -0.05) is 24.6 Å². The molecule has 1 saturated carbocycles. The third-order valence-corrected chi connectivity index (χ3v) is 5.63. The highest BCUT2D eigenvalue weighted by atomic mass is 32.2. The molecule has 2 aliphatic heterocycles. The van der Waals surface area contributed by atoms with Crippen molar-refractivity contribution in [2.45, 2.75) is 38.1 Å². The zero-order chi connectivity index (χ0) is 16.4. The van der Waals surface area contributed by atoms with Crippen LogP contribution >= 0.6 is 11.8 Å². The number of likely N-dealkylation sites (tertiary alicyclic amines) is 1. The van der Waals surface area contributed by atoms with E-state index in [1.165, 1.54) is 0 Å². The summed E-state index contributed by atoms with van der Waals surface area (Å²) in [4.78, 5) is 50.2. The van der Waals surface area contributed by atoms with Crippen molar-refractivity contribution in [1.29, 1.82) is 0 Å². The Bertz CT molecular complexity index is 517. The van der Waals surface area contributed by atoms with Crippen molar-refractivity contribution in [3.63, 3.8) is 0 Å². The maximum absolute atomic E-state index is 12.2. The molecule has 3 fully saturated rings. The second kappa shape index (κ2) is 6.90. The Kier molecular flexibility index (Phi) is 4.89. The fourth-order valence-corrected chi connectivity index (χ4v) is 4.26. The molecule has 1 atom stereocenters. The summed E-state index contributed by atoms with van der Waals surface area (Å²) in [7, 11) is 0. The van der Waals surface area contributed by atoms with Crippen LogP contribution in [0, 0.1) is 5.92 Å². The number of thioether (sulfide) groups is 1. The zero-order valence-electron chi connectivity index (χ0n) is 13.0. The molecule has 8 heteroatoms. The molecule has 0 unspecified atom stereocenters. The number of imide groups is 1. The Morgan fingerprint density at radius 1 is 1.17 bits per heavy atom. The summed E-state index contributed by atoms with van der Waals surface area (Å²) in [5, 5.41) is 2.49. The molecule has 2 saturated heterocycles. The minimum atomic E-state index is -0.317. The molecule has 0 aromatic carbocycles. The second-order valence-electron chi connectivity index (χ2n) is 6.28. The number of hydrogen-bond acceptors (Lipinski definition) is 5. The van der Waals surface area contributed by atoms with Crippen molar-refractivity contribution in [3.05, 3.63) is 0 Å². The fraction of sp³-hybridized carbons (Fsp3) is 0.733. The lowest BCUT2D eigenvalue weighted by Crippen LogP contribution is -2.40. The van der Waals surface area contributed by atoms with E-state index in [1.54, 1.807) is 0 Å². The number of carbonyl (C=O) groups excluding carboxylic acids is 4. The molecule has 1 aliphatic carbocycles. The molecular formula is C15H21N3O4S. The first-order valence-electron chi connectivity index (χ1n) is 8.10. The maximum atomic E-state index is 12.2. The highest BCUT2D eigenvalue weighted by Crippen LogP contribution is 2.29. The van der Waals surface area contributed by atoms with Crippen LogP contribution in [-0.2, 0) is 14.4 Å². The summed E-state index contributed by atoms with van der Waals surface area (Å²) in [6.45, 7) is 0.932. The van der Waals surface area contributed by atoms with E-state index in [0.717, 1.165) is 42.3 Å². The third kappa shape index (κ3) is 3.52. The number of nitrogens with one attached hydrogen (secondary N) is 1. The fourth-order valence-electron chi connectivity index (χ4n) is 3.51. The Morgan fingerprint density at radius 3 is 2.57 bits per heavy atom. The lowest BCUT2D eigenvalue weighted by atomic mass is 10.1. The van der Waals surface area contributed by atoms with Gasteiger partial charge in [0.15, 0.2) is 0 Å². The van der Waals surface area contributed by atoms with E-state index in [9.17, 15) is 19.2 Å². The van der Waals surface area contributed by atoms with Crippen LogP contribution in [0.25, 0.3) is 0 Å². The van der Waals surface area contributed by atoms with Crippen LogP contribution in [0.4, 0.5) is 4.79 Å². The van der Waals surface area contributed by atoms with Gasteiger partial charge in [-0.05, 0) is 12.8 Å². The van der Waals surface area contributed by atoms with Gasteiger partial charge < -0.3 is 10.2 Å². The normalized spacial score (nSPS) is 25.7. The van der Waals surface area contributed by atoms with E-state index in [-0.39, 0.29) is 54.1 Å². The molecule has 0 spiro atoms. The quantitative estimate of drug-likeness (QED) is 0.792. The Morgan fingerprint density at radius 2 is 1.91 bits per heavy atom. The van der Waals surface area contributed by atoms with E-state index >= 15 is 0 Å². The minimum Gasteiger partial charge on any atom is -0.354 e. The highest BCUT2D eigenvalue weighted by molar-refractivity contribution is 8.14. The van der Waals surface area contributed by atoms with Gasteiger partial charge in [0.05, 0.1) is 11.7 Å². The summed E-state index contributed by atoms with van der Waals surface area (Å²) in [5.74, 6) is -0.440.